The van der Waals surface area contributed by atoms with Crippen molar-refractivity contribution in [1.82, 2.24) is 9.78 Å². The van der Waals surface area contributed by atoms with Crippen LogP contribution in [-0.2, 0) is 13.5 Å². The number of anilines is 2. The third kappa shape index (κ3) is 3.14. The highest BCUT2D eigenvalue weighted by molar-refractivity contribution is 6.31. The van der Waals surface area contributed by atoms with Gasteiger partial charge in [0, 0.05) is 31.2 Å². The van der Waals surface area contributed by atoms with E-state index >= 15 is 0 Å². The van der Waals surface area contributed by atoms with Crippen molar-refractivity contribution in [3.63, 3.8) is 0 Å². The van der Waals surface area contributed by atoms with Crippen LogP contribution in [0.1, 0.15) is 5.69 Å². The topological polar surface area (TPSA) is 55.9 Å². The molecule has 17 heavy (non-hydrogen) atoms. The lowest BCUT2D eigenvalue weighted by Gasteiger charge is -2.08. The summed E-state index contributed by atoms with van der Waals surface area (Å²) in [6.45, 7) is 0.779. The molecule has 1 aromatic heterocycles. The van der Waals surface area contributed by atoms with E-state index < -0.39 is 0 Å². The molecule has 1 heterocycles. The minimum absolute atomic E-state index is 0.680. The van der Waals surface area contributed by atoms with Crippen molar-refractivity contribution in [3.05, 3.63) is 41.2 Å². The molecule has 0 saturated heterocycles. The molecule has 0 aliphatic rings. The number of hydrogen-bond donors (Lipinski definition) is 2. The van der Waals surface area contributed by atoms with Crippen LogP contribution >= 0.6 is 11.6 Å². The number of hydrogen-bond acceptors (Lipinski definition) is 3. The average molecular weight is 251 g/mol. The SMILES string of the molecule is Cn1ccc(CCNc2cc(Cl)ccc2N)n1. The molecule has 0 saturated carbocycles. The second-order valence-corrected chi connectivity index (χ2v) is 4.33. The summed E-state index contributed by atoms with van der Waals surface area (Å²) < 4.78 is 1.79. The number of benzene rings is 1. The number of aryl methyl sites for hydroxylation is 1. The molecule has 0 amide bonds. The smallest absolute Gasteiger partial charge is 0.0642 e. The zero-order valence-electron chi connectivity index (χ0n) is 9.65. The highest BCUT2D eigenvalue weighted by Crippen LogP contribution is 2.22. The lowest BCUT2D eigenvalue weighted by molar-refractivity contribution is 0.742. The minimum Gasteiger partial charge on any atom is -0.397 e. The zero-order chi connectivity index (χ0) is 12.3. The monoisotopic (exact) mass is 250 g/mol. The molecule has 0 aliphatic heterocycles. The Morgan fingerprint density at radius 3 is 2.94 bits per heavy atom. The fourth-order valence-corrected chi connectivity index (χ4v) is 1.78. The normalized spacial score (nSPS) is 10.5. The fraction of sp³-hybridized carbons (Fsp3) is 0.250. The van der Waals surface area contributed by atoms with E-state index in [4.69, 9.17) is 17.3 Å². The van der Waals surface area contributed by atoms with Crippen LogP contribution in [-0.4, -0.2) is 16.3 Å². The Balaban J connectivity index is 1.91. The van der Waals surface area contributed by atoms with Gasteiger partial charge >= 0.3 is 0 Å². The Morgan fingerprint density at radius 2 is 2.24 bits per heavy atom. The Morgan fingerprint density at radius 1 is 1.41 bits per heavy atom. The largest absolute Gasteiger partial charge is 0.397 e. The standard InChI is InChI=1S/C12H15ClN4/c1-17-7-5-10(16-17)4-6-15-12-8-9(13)2-3-11(12)14/h2-3,5,7-8,15H,4,6,14H2,1H3. The molecule has 2 rings (SSSR count). The number of rotatable bonds is 4. The van der Waals surface area contributed by atoms with E-state index in [1.807, 2.05) is 25.4 Å². The molecule has 3 N–H and O–H groups in total. The van der Waals surface area contributed by atoms with Crippen LogP contribution in [0.5, 0.6) is 0 Å². The molecule has 2 aromatic rings. The molecule has 1 aromatic carbocycles. The molecule has 90 valence electrons. The zero-order valence-corrected chi connectivity index (χ0v) is 10.4. The van der Waals surface area contributed by atoms with Crippen molar-refractivity contribution >= 4 is 23.0 Å². The Hall–Kier alpha value is -1.68. The molecule has 0 radical (unpaired) electrons. The number of halogens is 1. The van der Waals surface area contributed by atoms with E-state index in [1.165, 1.54) is 0 Å². The lowest BCUT2D eigenvalue weighted by atomic mass is 10.2. The maximum absolute atomic E-state index is 5.90. The predicted molar refractivity (Wildman–Crippen MR) is 71.3 cm³/mol. The second kappa shape index (κ2) is 5.10. The summed E-state index contributed by atoms with van der Waals surface area (Å²) >= 11 is 5.90. The minimum atomic E-state index is 0.680. The summed E-state index contributed by atoms with van der Waals surface area (Å²) in [7, 11) is 1.91. The van der Waals surface area contributed by atoms with Crippen LogP contribution in [0.25, 0.3) is 0 Å². The van der Waals surface area contributed by atoms with Crippen LogP contribution in [0.15, 0.2) is 30.5 Å². The number of nitrogens with two attached hydrogens (primary N) is 1. The maximum atomic E-state index is 5.90. The van der Waals surface area contributed by atoms with Crippen LogP contribution in [0, 0.1) is 0 Å². The highest BCUT2D eigenvalue weighted by Gasteiger charge is 2.01. The van der Waals surface area contributed by atoms with Gasteiger partial charge in [0.25, 0.3) is 0 Å². The van der Waals surface area contributed by atoms with Gasteiger partial charge in [0.2, 0.25) is 0 Å². The van der Waals surface area contributed by atoms with E-state index in [9.17, 15) is 0 Å². The molecule has 0 unspecified atom stereocenters. The van der Waals surface area contributed by atoms with E-state index in [1.54, 1.807) is 16.8 Å². The number of nitrogen functional groups attached to an aromatic ring is 1. The average Bonchev–Trinajstić information content (AvgIpc) is 2.69. The summed E-state index contributed by atoms with van der Waals surface area (Å²) in [5.74, 6) is 0. The third-order valence-corrected chi connectivity index (χ3v) is 2.72. The van der Waals surface area contributed by atoms with Gasteiger partial charge in [-0.05, 0) is 24.3 Å². The molecular weight excluding hydrogens is 236 g/mol. The summed E-state index contributed by atoms with van der Waals surface area (Å²) in [5, 5.41) is 8.23. The van der Waals surface area contributed by atoms with Gasteiger partial charge in [0.1, 0.15) is 0 Å². The molecule has 5 heteroatoms. The van der Waals surface area contributed by atoms with Crippen molar-refractivity contribution in [2.75, 3.05) is 17.6 Å². The first-order valence-corrected chi connectivity index (χ1v) is 5.80. The van der Waals surface area contributed by atoms with Gasteiger partial charge in [-0.25, -0.2) is 0 Å². The molecule has 0 aliphatic carbocycles. The Kier molecular flexibility index (Phi) is 3.54. The van der Waals surface area contributed by atoms with Gasteiger partial charge in [0.15, 0.2) is 0 Å². The summed E-state index contributed by atoms with van der Waals surface area (Å²) in [6, 6.07) is 7.41. The fourth-order valence-electron chi connectivity index (χ4n) is 1.60. The van der Waals surface area contributed by atoms with Crippen molar-refractivity contribution in [3.8, 4) is 0 Å². The van der Waals surface area contributed by atoms with Gasteiger partial charge in [-0.1, -0.05) is 11.6 Å². The highest BCUT2D eigenvalue weighted by atomic mass is 35.5. The predicted octanol–water partition coefficient (Wildman–Crippen LogP) is 2.31. The Labute approximate surface area is 105 Å². The van der Waals surface area contributed by atoms with Crippen molar-refractivity contribution < 1.29 is 0 Å². The summed E-state index contributed by atoms with van der Waals surface area (Å²) in [5.41, 5.74) is 8.46. The van der Waals surface area contributed by atoms with Gasteiger partial charge in [-0.3, -0.25) is 4.68 Å². The quantitative estimate of drug-likeness (QED) is 0.819. The van der Waals surface area contributed by atoms with Crippen LogP contribution < -0.4 is 11.1 Å². The van der Waals surface area contributed by atoms with Crippen LogP contribution in [0.3, 0.4) is 0 Å². The Bertz CT molecular complexity index is 507. The molecule has 0 bridgehead atoms. The van der Waals surface area contributed by atoms with E-state index in [2.05, 4.69) is 10.4 Å². The first-order chi connectivity index (χ1) is 8.15. The molecular formula is C12H15ClN4. The molecule has 4 nitrogen and oxygen atoms in total. The molecule has 0 spiro atoms. The second-order valence-electron chi connectivity index (χ2n) is 3.89. The first kappa shape index (κ1) is 11.8. The van der Waals surface area contributed by atoms with Crippen LogP contribution in [0.4, 0.5) is 11.4 Å². The van der Waals surface area contributed by atoms with Gasteiger partial charge in [-0.2, -0.15) is 5.10 Å². The summed E-state index contributed by atoms with van der Waals surface area (Å²) in [6.07, 6.45) is 2.79. The van der Waals surface area contributed by atoms with E-state index in [0.717, 1.165) is 24.3 Å². The number of aromatic nitrogens is 2. The lowest BCUT2D eigenvalue weighted by Crippen LogP contribution is -2.07. The van der Waals surface area contributed by atoms with E-state index in [-0.39, 0.29) is 0 Å². The van der Waals surface area contributed by atoms with Gasteiger partial charge in [-0.15, -0.1) is 0 Å². The summed E-state index contributed by atoms with van der Waals surface area (Å²) in [4.78, 5) is 0. The van der Waals surface area contributed by atoms with Gasteiger partial charge < -0.3 is 11.1 Å². The molecule has 0 atom stereocenters. The van der Waals surface area contributed by atoms with Crippen LogP contribution in [0.2, 0.25) is 5.02 Å². The van der Waals surface area contributed by atoms with Crippen molar-refractivity contribution in [1.29, 1.82) is 0 Å². The van der Waals surface area contributed by atoms with Crippen molar-refractivity contribution in [2.24, 2.45) is 7.05 Å². The number of nitrogens with zero attached hydrogens (tertiary/aromatic N) is 2. The van der Waals surface area contributed by atoms with Crippen molar-refractivity contribution in [2.45, 2.75) is 6.42 Å². The van der Waals surface area contributed by atoms with Gasteiger partial charge in [0.05, 0.1) is 17.1 Å². The number of nitrogens with one attached hydrogen (secondary N) is 1. The van der Waals surface area contributed by atoms with E-state index in [0.29, 0.717) is 10.7 Å². The first-order valence-electron chi connectivity index (χ1n) is 5.42. The molecule has 0 fully saturated rings. The third-order valence-electron chi connectivity index (χ3n) is 2.48. The maximum Gasteiger partial charge on any atom is 0.0642 e.